The number of sulfonamides is 1. The van der Waals surface area contributed by atoms with E-state index in [0.29, 0.717) is 24.3 Å². The monoisotopic (exact) mass is 356 g/mol. The Bertz CT molecular complexity index is 670. The van der Waals surface area contributed by atoms with Gasteiger partial charge in [-0.3, -0.25) is 0 Å². The van der Waals surface area contributed by atoms with Gasteiger partial charge in [-0.05, 0) is 25.7 Å². The van der Waals surface area contributed by atoms with E-state index < -0.39 is 10.0 Å². The summed E-state index contributed by atoms with van der Waals surface area (Å²) in [4.78, 5) is 10.7. The molecule has 0 amide bonds. The van der Waals surface area contributed by atoms with Crippen LogP contribution < -0.4 is 14.4 Å². The molecule has 1 unspecified atom stereocenters. The molecular weight excluding hydrogens is 332 g/mol. The number of nitrogens with zero attached hydrogens (tertiary/aromatic N) is 4. The molecule has 1 aromatic rings. The van der Waals surface area contributed by atoms with Gasteiger partial charge < -0.3 is 14.4 Å². The van der Waals surface area contributed by atoms with Gasteiger partial charge in [0.15, 0.2) is 0 Å². The summed E-state index contributed by atoms with van der Waals surface area (Å²) >= 11 is 0. The van der Waals surface area contributed by atoms with Gasteiger partial charge in [0.25, 0.3) is 0 Å². The lowest BCUT2D eigenvalue weighted by Crippen LogP contribution is -2.49. The number of methoxy groups -OCH3 is 2. The Hall–Kier alpha value is -1.61. The second-order valence-corrected chi connectivity index (χ2v) is 8.53. The van der Waals surface area contributed by atoms with Gasteiger partial charge in [0.2, 0.25) is 27.7 Å². The maximum absolute atomic E-state index is 12.5. The molecule has 1 aliphatic heterocycles. The maximum Gasteiger partial charge on any atom is 0.232 e. The summed E-state index contributed by atoms with van der Waals surface area (Å²) in [5.41, 5.74) is 0. The van der Waals surface area contributed by atoms with E-state index in [4.69, 9.17) is 9.47 Å². The fourth-order valence-electron chi connectivity index (χ4n) is 2.98. The van der Waals surface area contributed by atoms with Gasteiger partial charge in [-0.2, -0.15) is 14.3 Å². The van der Waals surface area contributed by atoms with E-state index in [2.05, 4.69) is 9.97 Å². The van der Waals surface area contributed by atoms with Crippen molar-refractivity contribution in [2.75, 3.05) is 39.3 Å². The zero-order valence-corrected chi connectivity index (χ0v) is 15.1. The smallest absolute Gasteiger partial charge is 0.232 e. The predicted molar refractivity (Wildman–Crippen MR) is 90.1 cm³/mol. The van der Waals surface area contributed by atoms with Crippen LogP contribution in [-0.2, 0) is 10.0 Å². The predicted octanol–water partition coefficient (Wildman–Crippen LogP) is 0.887. The maximum atomic E-state index is 12.5. The van der Waals surface area contributed by atoms with Crippen molar-refractivity contribution in [3.05, 3.63) is 6.07 Å². The van der Waals surface area contributed by atoms with Crippen molar-refractivity contribution in [3.63, 3.8) is 0 Å². The van der Waals surface area contributed by atoms with Crippen LogP contribution in [-0.4, -0.2) is 68.3 Å². The van der Waals surface area contributed by atoms with Gasteiger partial charge in [-0.15, -0.1) is 0 Å². The van der Waals surface area contributed by atoms with E-state index >= 15 is 0 Å². The van der Waals surface area contributed by atoms with E-state index in [1.165, 1.54) is 0 Å². The summed E-state index contributed by atoms with van der Waals surface area (Å²) in [6.45, 7) is 1.35. The van der Waals surface area contributed by atoms with Gasteiger partial charge in [0.1, 0.15) is 0 Å². The Kier molecular flexibility index (Phi) is 4.82. The third kappa shape index (κ3) is 3.41. The quantitative estimate of drug-likeness (QED) is 0.748. The molecule has 0 radical (unpaired) electrons. The highest BCUT2D eigenvalue weighted by Crippen LogP contribution is 2.33. The number of anilines is 1. The van der Waals surface area contributed by atoms with Gasteiger partial charge in [-0.1, -0.05) is 0 Å². The Morgan fingerprint density at radius 1 is 1.17 bits per heavy atom. The number of hydrogen-bond donors (Lipinski definition) is 0. The fourth-order valence-corrected chi connectivity index (χ4v) is 4.77. The minimum absolute atomic E-state index is 0.0647. The van der Waals surface area contributed by atoms with Gasteiger partial charge in [-0.25, -0.2) is 8.42 Å². The third-order valence-electron chi connectivity index (χ3n) is 4.63. The van der Waals surface area contributed by atoms with Gasteiger partial charge in [0, 0.05) is 26.2 Å². The molecular formula is C15H24N4O4S. The van der Waals surface area contributed by atoms with E-state index in [9.17, 15) is 8.42 Å². The van der Waals surface area contributed by atoms with Crippen molar-refractivity contribution in [3.8, 4) is 11.8 Å². The summed E-state index contributed by atoms with van der Waals surface area (Å²) in [6, 6.07) is 1.55. The molecule has 1 saturated carbocycles. The number of ether oxygens (including phenoxy) is 2. The summed E-state index contributed by atoms with van der Waals surface area (Å²) in [6.07, 6.45) is 3.29. The number of aromatic nitrogens is 2. The number of hydrogen-bond acceptors (Lipinski definition) is 7. The van der Waals surface area contributed by atoms with Gasteiger partial charge >= 0.3 is 0 Å². The molecule has 2 aliphatic rings. The summed E-state index contributed by atoms with van der Waals surface area (Å²) in [7, 11) is 1.59. The first kappa shape index (κ1) is 17.2. The van der Waals surface area contributed by atoms with Crippen molar-refractivity contribution in [2.45, 2.75) is 37.0 Å². The second-order valence-electron chi connectivity index (χ2n) is 6.26. The average molecular weight is 356 g/mol. The summed E-state index contributed by atoms with van der Waals surface area (Å²) in [5.74, 6) is 1.36. The Labute approximate surface area is 142 Å². The molecule has 0 aromatic carbocycles. The van der Waals surface area contributed by atoms with Crippen LogP contribution in [0.2, 0.25) is 0 Å². The molecule has 1 atom stereocenters. The van der Waals surface area contributed by atoms with Crippen molar-refractivity contribution < 1.29 is 17.9 Å². The molecule has 1 aromatic heterocycles. The SMILES string of the molecule is COc1cc(OC)nc(N2CCCC(N(C)S(=O)(=O)C3CC3)C2)n1. The van der Waals surface area contributed by atoms with Gasteiger partial charge in [0.05, 0.1) is 25.5 Å². The first-order chi connectivity index (χ1) is 11.5. The van der Waals surface area contributed by atoms with E-state index in [1.54, 1.807) is 31.6 Å². The molecule has 1 aliphatic carbocycles. The molecule has 9 heteroatoms. The minimum Gasteiger partial charge on any atom is -0.481 e. The molecule has 0 bridgehead atoms. The van der Waals surface area contributed by atoms with Crippen molar-refractivity contribution in [1.82, 2.24) is 14.3 Å². The highest BCUT2D eigenvalue weighted by molar-refractivity contribution is 7.90. The van der Waals surface area contributed by atoms with Crippen molar-refractivity contribution >= 4 is 16.0 Å². The molecule has 2 fully saturated rings. The Balaban J connectivity index is 1.78. The van der Waals surface area contributed by atoms with Crippen LogP contribution in [0.3, 0.4) is 0 Å². The molecule has 0 N–H and O–H groups in total. The lowest BCUT2D eigenvalue weighted by atomic mass is 10.1. The molecule has 1 saturated heterocycles. The minimum atomic E-state index is -3.18. The standard InChI is InChI=1S/C15H24N4O4S/c1-18(24(20,21)12-6-7-12)11-5-4-8-19(10-11)15-16-13(22-2)9-14(17-15)23-3/h9,11-12H,4-8,10H2,1-3H3. The normalized spacial score (nSPS) is 21.8. The summed E-state index contributed by atoms with van der Waals surface area (Å²) in [5, 5.41) is -0.189. The van der Waals surface area contributed by atoms with Crippen LogP contribution >= 0.6 is 0 Å². The average Bonchev–Trinajstić information content (AvgIpc) is 3.46. The zero-order chi connectivity index (χ0) is 17.3. The molecule has 0 spiro atoms. The Morgan fingerprint density at radius 3 is 2.33 bits per heavy atom. The molecule has 3 rings (SSSR count). The van der Waals surface area contributed by atoms with Crippen molar-refractivity contribution in [2.24, 2.45) is 0 Å². The number of rotatable bonds is 6. The summed E-state index contributed by atoms with van der Waals surface area (Å²) < 4.78 is 36.9. The van der Waals surface area contributed by atoms with E-state index in [0.717, 1.165) is 32.2 Å². The van der Waals surface area contributed by atoms with Crippen LogP contribution in [0, 0.1) is 0 Å². The van der Waals surface area contributed by atoms with Crippen LogP contribution in [0.5, 0.6) is 11.8 Å². The lowest BCUT2D eigenvalue weighted by molar-refractivity contribution is 0.316. The van der Waals surface area contributed by atoms with Crippen molar-refractivity contribution in [1.29, 1.82) is 0 Å². The molecule has 2 heterocycles. The molecule has 134 valence electrons. The number of likely N-dealkylation sites (N-methyl/N-ethyl adjacent to an activating group) is 1. The molecule has 8 nitrogen and oxygen atoms in total. The topological polar surface area (TPSA) is 84.9 Å². The first-order valence-electron chi connectivity index (χ1n) is 8.14. The second kappa shape index (κ2) is 6.72. The van der Waals surface area contributed by atoms with E-state index in [1.807, 2.05) is 4.90 Å². The van der Waals surface area contributed by atoms with Crippen LogP contribution in [0.15, 0.2) is 6.07 Å². The third-order valence-corrected chi connectivity index (χ3v) is 7.04. The van der Waals surface area contributed by atoms with Crippen LogP contribution in [0.1, 0.15) is 25.7 Å². The Morgan fingerprint density at radius 2 is 1.79 bits per heavy atom. The largest absolute Gasteiger partial charge is 0.481 e. The van der Waals surface area contributed by atoms with E-state index in [-0.39, 0.29) is 11.3 Å². The fraction of sp³-hybridized carbons (Fsp3) is 0.733. The highest BCUT2D eigenvalue weighted by Gasteiger charge is 2.42. The zero-order valence-electron chi connectivity index (χ0n) is 14.3. The van der Waals surface area contributed by atoms with Crippen LogP contribution in [0.4, 0.5) is 5.95 Å². The molecule has 24 heavy (non-hydrogen) atoms. The number of piperidine rings is 1. The highest BCUT2D eigenvalue weighted by atomic mass is 32.2. The lowest BCUT2D eigenvalue weighted by Gasteiger charge is -2.37. The first-order valence-corrected chi connectivity index (χ1v) is 9.65. The van der Waals surface area contributed by atoms with Crippen LogP contribution in [0.25, 0.3) is 0 Å².